The molecule has 0 unspecified atom stereocenters. The molecule has 3 heteroatoms. The molecule has 11 heavy (non-hydrogen) atoms. The van der Waals surface area contributed by atoms with E-state index >= 15 is 0 Å². The third-order valence-corrected chi connectivity index (χ3v) is 1.90. The maximum Gasteiger partial charge on any atom is 0.102 e. The average molecular weight is 211 g/mol. The highest BCUT2D eigenvalue weighted by molar-refractivity contribution is 9.10. The lowest BCUT2D eigenvalue weighted by Gasteiger charge is -2.01. The third-order valence-electron chi connectivity index (χ3n) is 1.44. The molecule has 2 nitrogen and oxygen atoms in total. The van der Waals surface area contributed by atoms with E-state index in [1.165, 1.54) is 0 Å². The number of rotatable bonds is 0. The summed E-state index contributed by atoms with van der Waals surface area (Å²) < 4.78 is 0.909. The van der Waals surface area contributed by atoms with Crippen LogP contribution in [-0.4, -0.2) is 0 Å². The molecule has 2 N–H and O–H groups in total. The largest absolute Gasteiger partial charge is 0.398 e. The number of anilines is 1. The topological polar surface area (TPSA) is 49.8 Å². The minimum atomic E-state index is 0.527. The van der Waals surface area contributed by atoms with Crippen LogP contribution in [0.5, 0.6) is 0 Å². The lowest BCUT2D eigenvalue weighted by atomic mass is 10.1. The third kappa shape index (κ3) is 1.52. The van der Waals surface area contributed by atoms with E-state index in [0.717, 1.165) is 10.0 Å². The summed E-state index contributed by atoms with van der Waals surface area (Å²) in [6.45, 7) is 1.86. The van der Waals surface area contributed by atoms with Crippen LogP contribution in [0.2, 0.25) is 0 Å². The normalized spacial score (nSPS) is 9.18. The number of aryl methyl sites for hydroxylation is 1. The molecule has 0 aliphatic carbocycles. The van der Waals surface area contributed by atoms with Gasteiger partial charge < -0.3 is 5.73 Å². The van der Waals surface area contributed by atoms with Gasteiger partial charge in [0.05, 0.1) is 11.3 Å². The first-order valence-electron chi connectivity index (χ1n) is 3.11. The van der Waals surface area contributed by atoms with E-state index in [1.807, 2.05) is 19.1 Å². The molecule has 0 heterocycles. The fraction of sp³-hybridized carbons (Fsp3) is 0.125. The van der Waals surface area contributed by atoms with Crippen molar-refractivity contribution in [3.8, 4) is 6.07 Å². The molecule has 0 saturated carbocycles. The maximum absolute atomic E-state index is 8.64. The standard InChI is InChI=1S/C8H7BrN2/c1-5-2-6(9)3-8(11)7(5)4-10/h2-3H,11H2,1H3. The van der Waals surface area contributed by atoms with E-state index in [4.69, 9.17) is 11.0 Å². The highest BCUT2D eigenvalue weighted by Crippen LogP contribution is 2.21. The monoisotopic (exact) mass is 210 g/mol. The molecule has 0 atom stereocenters. The van der Waals surface area contributed by atoms with E-state index < -0.39 is 0 Å². The molecule has 1 aromatic carbocycles. The molecule has 1 aromatic rings. The quantitative estimate of drug-likeness (QED) is 0.668. The van der Waals surface area contributed by atoms with Crippen LogP contribution < -0.4 is 5.73 Å². The van der Waals surface area contributed by atoms with Crippen LogP contribution in [0, 0.1) is 18.3 Å². The second-order valence-electron chi connectivity index (χ2n) is 2.30. The van der Waals surface area contributed by atoms with E-state index in [0.29, 0.717) is 11.3 Å². The van der Waals surface area contributed by atoms with Crippen LogP contribution in [0.3, 0.4) is 0 Å². The van der Waals surface area contributed by atoms with Gasteiger partial charge in [-0.05, 0) is 24.6 Å². The van der Waals surface area contributed by atoms with Gasteiger partial charge in [-0.3, -0.25) is 0 Å². The SMILES string of the molecule is Cc1cc(Br)cc(N)c1C#N. The lowest BCUT2D eigenvalue weighted by Crippen LogP contribution is -1.92. The molecule has 0 fully saturated rings. The number of hydrogen-bond acceptors (Lipinski definition) is 2. The van der Waals surface area contributed by atoms with Crippen LogP contribution in [0.1, 0.15) is 11.1 Å². The number of nitrogens with zero attached hydrogens (tertiary/aromatic N) is 1. The molecule has 56 valence electrons. The number of benzene rings is 1. The van der Waals surface area contributed by atoms with Crippen LogP contribution in [0.25, 0.3) is 0 Å². The average Bonchev–Trinajstić information content (AvgIpc) is 1.85. The van der Waals surface area contributed by atoms with Crippen molar-refractivity contribution in [1.82, 2.24) is 0 Å². The molecular formula is C8H7BrN2. The predicted octanol–water partition coefficient (Wildman–Crippen LogP) is 2.21. The highest BCUT2D eigenvalue weighted by Gasteiger charge is 2.02. The first-order chi connectivity index (χ1) is 5.15. The Bertz CT molecular complexity index is 302. The van der Waals surface area contributed by atoms with Crippen molar-refractivity contribution in [1.29, 1.82) is 5.26 Å². The van der Waals surface area contributed by atoms with Crippen molar-refractivity contribution in [2.24, 2.45) is 0 Å². The van der Waals surface area contributed by atoms with Gasteiger partial charge in [0, 0.05) is 4.47 Å². The Morgan fingerprint density at radius 2 is 2.18 bits per heavy atom. The fourth-order valence-electron chi connectivity index (χ4n) is 0.922. The van der Waals surface area contributed by atoms with Crippen LogP contribution >= 0.6 is 15.9 Å². The van der Waals surface area contributed by atoms with Crippen LogP contribution in [-0.2, 0) is 0 Å². The molecule has 0 bridgehead atoms. The minimum Gasteiger partial charge on any atom is -0.398 e. The summed E-state index contributed by atoms with van der Waals surface area (Å²) in [5.74, 6) is 0. The Kier molecular flexibility index (Phi) is 2.16. The van der Waals surface area contributed by atoms with Gasteiger partial charge in [0.25, 0.3) is 0 Å². The van der Waals surface area contributed by atoms with Crippen molar-refractivity contribution in [2.45, 2.75) is 6.92 Å². The second-order valence-corrected chi connectivity index (χ2v) is 3.21. The predicted molar refractivity (Wildman–Crippen MR) is 48.0 cm³/mol. The molecule has 0 spiro atoms. The highest BCUT2D eigenvalue weighted by atomic mass is 79.9. The summed E-state index contributed by atoms with van der Waals surface area (Å²) in [4.78, 5) is 0. The number of hydrogen-bond donors (Lipinski definition) is 1. The number of nitrogens with two attached hydrogens (primary N) is 1. The molecule has 0 amide bonds. The van der Waals surface area contributed by atoms with Gasteiger partial charge in [-0.15, -0.1) is 0 Å². The second kappa shape index (κ2) is 2.93. The zero-order valence-electron chi connectivity index (χ0n) is 6.06. The van der Waals surface area contributed by atoms with Gasteiger partial charge >= 0.3 is 0 Å². The summed E-state index contributed by atoms with van der Waals surface area (Å²) in [6.07, 6.45) is 0. The molecule has 0 aromatic heterocycles. The molecular weight excluding hydrogens is 204 g/mol. The van der Waals surface area contributed by atoms with Gasteiger partial charge in [0.15, 0.2) is 0 Å². The number of nitriles is 1. The van der Waals surface area contributed by atoms with Crippen molar-refractivity contribution >= 4 is 21.6 Å². The first kappa shape index (κ1) is 8.09. The smallest absolute Gasteiger partial charge is 0.102 e. The molecule has 0 aliphatic heterocycles. The molecule has 0 saturated heterocycles. The first-order valence-corrected chi connectivity index (χ1v) is 3.90. The summed E-state index contributed by atoms with van der Waals surface area (Å²) in [7, 11) is 0. The number of halogens is 1. The zero-order valence-corrected chi connectivity index (χ0v) is 7.64. The Morgan fingerprint density at radius 1 is 1.55 bits per heavy atom. The molecule has 1 rings (SSSR count). The minimum absolute atomic E-state index is 0.527. The van der Waals surface area contributed by atoms with Crippen molar-refractivity contribution in [3.05, 3.63) is 27.7 Å². The fourth-order valence-corrected chi connectivity index (χ4v) is 1.51. The van der Waals surface area contributed by atoms with Crippen LogP contribution in [0.4, 0.5) is 5.69 Å². The van der Waals surface area contributed by atoms with E-state index in [1.54, 1.807) is 6.07 Å². The summed E-state index contributed by atoms with van der Waals surface area (Å²) >= 11 is 3.29. The zero-order chi connectivity index (χ0) is 8.43. The van der Waals surface area contributed by atoms with E-state index in [-0.39, 0.29) is 0 Å². The van der Waals surface area contributed by atoms with Crippen molar-refractivity contribution in [2.75, 3.05) is 5.73 Å². The van der Waals surface area contributed by atoms with Crippen molar-refractivity contribution in [3.63, 3.8) is 0 Å². The van der Waals surface area contributed by atoms with Crippen molar-refractivity contribution < 1.29 is 0 Å². The Labute approximate surface area is 73.8 Å². The van der Waals surface area contributed by atoms with Gasteiger partial charge in [-0.1, -0.05) is 15.9 Å². The Morgan fingerprint density at radius 3 is 2.64 bits per heavy atom. The summed E-state index contributed by atoms with van der Waals surface area (Å²) in [5, 5.41) is 8.64. The Hall–Kier alpha value is -1.01. The molecule has 0 aliphatic rings. The number of nitrogen functional groups attached to an aromatic ring is 1. The van der Waals surface area contributed by atoms with Gasteiger partial charge in [-0.25, -0.2) is 0 Å². The van der Waals surface area contributed by atoms with Crippen LogP contribution in [0.15, 0.2) is 16.6 Å². The van der Waals surface area contributed by atoms with Gasteiger partial charge in [0.2, 0.25) is 0 Å². The molecule has 0 radical (unpaired) electrons. The Balaban J connectivity index is 3.40. The lowest BCUT2D eigenvalue weighted by molar-refractivity contribution is 1.38. The summed E-state index contributed by atoms with van der Waals surface area (Å²) in [6, 6.07) is 5.64. The van der Waals surface area contributed by atoms with E-state index in [9.17, 15) is 0 Å². The maximum atomic E-state index is 8.64. The van der Waals surface area contributed by atoms with E-state index in [2.05, 4.69) is 15.9 Å². The van der Waals surface area contributed by atoms with Gasteiger partial charge in [0.1, 0.15) is 6.07 Å². The van der Waals surface area contributed by atoms with Gasteiger partial charge in [-0.2, -0.15) is 5.26 Å². The summed E-state index contributed by atoms with van der Waals surface area (Å²) in [5.41, 5.74) is 7.57.